The van der Waals surface area contributed by atoms with Crippen molar-refractivity contribution in [3.63, 3.8) is 0 Å². The molecule has 2 amide bonds. The van der Waals surface area contributed by atoms with E-state index in [2.05, 4.69) is 84.6 Å². The number of methoxy groups -OCH3 is 1. The van der Waals surface area contributed by atoms with Gasteiger partial charge in [-0.05, 0) is 58.8 Å². The first kappa shape index (κ1) is 33.6. The highest BCUT2D eigenvalue weighted by Gasteiger charge is 2.33. The van der Waals surface area contributed by atoms with Gasteiger partial charge >= 0.3 is 5.97 Å². The molecule has 39 heavy (non-hydrogen) atoms. The minimum Gasteiger partial charge on any atom is -0.466 e. The molecule has 1 fully saturated rings. The molecule has 6 nitrogen and oxygen atoms in total. The fourth-order valence-electron chi connectivity index (χ4n) is 4.26. The van der Waals surface area contributed by atoms with E-state index in [1.807, 2.05) is 18.7 Å². The summed E-state index contributed by atoms with van der Waals surface area (Å²) in [6.07, 6.45) is 35.4. The monoisotopic (exact) mass is 536 g/mol. The van der Waals surface area contributed by atoms with Crippen molar-refractivity contribution in [3.05, 3.63) is 85.1 Å². The second kappa shape index (κ2) is 21.5. The van der Waals surface area contributed by atoms with E-state index in [0.717, 1.165) is 44.6 Å². The first-order valence-electron chi connectivity index (χ1n) is 14.2. The Hall–Kier alpha value is -3.41. The van der Waals surface area contributed by atoms with Crippen LogP contribution < -0.4 is 0 Å². The highest BCUT2D eigenvalue weighted by atomic mass is 16.5. The van der Waals surface area contributed by atoms with Crippen LogP contribution in [0.3, 0.4) is 0 Å². The number of carbonyl (C=O) groups is 3. The summed E-state index contributed by atoms with van der Waals surface area (Å²) in [5.41, 5.74) is 0. The van der Waals surface area contributed by atoms with Gasteiger partial charge < -0.3 is 14.5 Å². The van der Waals surface area contributed by atoms with Crippen LogP contribution in [-0.2, 0) is 19.1 Å². The van der Waals surface area contributed by atoms with Crippen LogP contribution in [0.15, 0.2) is 85.1 Å². The number of amides is 2. The minimum absolute atomic E-state index is 0.102. The molecule has 0 bridgehead atoms. The molecule has 6 heteroatoms. The molecule has 0 aliphatic carbocycles. The minimum atomic E-state index is -0.563. The Labute approximate surface area is 236 Å². The van der Waals surface area contributed by atoms with Crippen LogP contribution in [0.4, 0.5) is 0 Å². The zero-order chi connectivity index (χ0) is 28.7. The molecule has 1 rings (SSSR count). The molecule has 0 spiro atoms. The lowest BCUT2D eigenvalue weighted by molar-refractivity contribution is -0.143. The van der Waals surface area contributed by atoms with Gasteiger partial charge in [0, 0.05) is 43.7 Å². The Bertz CT molecular complexity index is 927. The highest BCUT2D eigenvalue weighted by Crippen LogP contribution is 2.18. The number of ether oxygens (including phenoxy) is 1. The van der Waals surface area contributed by atoms with Crippen LogP contribution in [0.1, 0.15) is 72.1 Å². The summed E-state index contributed by atoms with van der Waals surface area (Å²) >= 11 is 0. The van der Waals surface area contributed by atoms with Crippen LogP contribution in [-0.4, -0.2) is 59.9 Å². The van der Waals surface area contributed by atoms with Crippen LogP contribution in [0.2, 0.25) is 0 Å². The summed E-state index contributed by atoms with van der Waals surface area (Å²) in [5, 5.41) is 0. The van der Waals surface area contributed by atoms with Crippen molar-refractivity contribution in [1.29, 1.82) is 0 Å². The van der Waals surface area contributed by atoms with Crippen molar-refractivity contribution in [3.8, 4) is 0 Å². The van der Waals surface area contributed by atoms with Gasteiger partial charge in [0.05, 0.1) is 7.11 Å². The van der Waals surface area contributed by atoms with Gasteiger partial charge in [0.2, 0.25) is 11.8 Å². The van der Waals surface area contributed by atoms with Gasteiger partial charge in [0.25, 0.3) is 0 Å². The molecule has 2 atom stereocenters. The lowest BCUT2D eigenvalue weighted by Gasteiger charge is -2.44. The van der Waals surface area contributed by atoms with Crippen molar-refractivity contribution < 1.29 is 19.1 Å². The molecule has 0 unspecified atom stereocenters. The second-order valence-corrected chi connectivity index (χ2v) is 9.55. The molecule has 1 heterocycles. The Morgan fingerprint density at radius 1 is 0.692 bits per heavy atom. The fraction of sp³-hybridized carbons (Fsp3) is 0.485. The Kier molecular flexibility index (Phi) is 18.5. The molecule has 0 radical (unpaired) electrons. The van der Waals surface area contributed by atoms with E-state index in [0.29, 0.717) is 25.9 Å². The molecule has 0 aromatic carbocycles. The summed E-state index contributed by atoms with van der Waals surface area (Å²) < 4.78 is 4.54. The Balaban J connectivity index is 2.21. The van der Waals surface area contributed by atoms with E-state index >= 15 is 0 Å². The number of carbonyl (C=O) groups excluding carboxylic acids is 3. The van der Waals surface area contributed by atoms with E-state index in [-0.39, 0.29) is 23.9 Å². The summed E-state index contributed by atoms with van der Waals surface area (Å²) in [4.78, 5) is 40.0. The topological polar surface area (TPSA) is 66.9 Å². The molecule has 0 aromatic heterocycles. The van der Waals surface area contributed by atoms with E-state index in [1.54, 1.807) is 4.90 Å². The molecule has 0 aromatic rings. The van der Waals surface area contributed by atoms with Crippen LogP contribution in [0.25, 0.3) is 0 Å². The maximum absolute atomic E-state index is 12.7. The molecular formula is C33H48N2O4. The third-order valence-corrected chi connectivity index (χ3v) is 6.21. The second-order valence-electron chi connectivity index (χ2n) is 9.55. The Morgan fingerprint density at radius 3 is 1.56 bits per heavy atom. The average Bonchev–Trinajstić information content (AvgIpc) is 2.92. The quantitative estimate of drug-likeness (QED) is 0.126. The van der Waals surface area contributed by atoms with Gasteiger partial charge in [-0.25, -0.2) is 4.79 Å². The molecule has 0 N–H and O–H groups in total. The number of piperazine rings is 1. The predicted octanol–water partition coefficient (Wildman–Crippen LogP) is 6.64. The SMILES string of the molecule is CC/C=C\C/C=C\C/C=C\C/C=C\C/C=C\C/C=C\CCC(=O)N1C[C@@H](C)N(C(=O)/C=C/C(=O)OC)[C@@H](C)C1. The number of rotatable bonds is 16. The van der Waals surface area contributed by atoms with E-state index in [1.165, 1.54) is 13.2 Å². The van der Waals surface area contributed by atoms with Crippen molar-refractivity contribution >= 4 is 17.8 Å². The van der Waals surface area contributed by atoms with Gasteiger partial charge in [-0.1, -0.05) is 79.8 Å². The first-order chi connectivity index (χ1) is 18.9. The summed E-state index contributed by atoms with van der Waals surface area (Å²) in [6.45, 7) is 6.97. The number of esters is 1. The normalized spacial score (nSPS) is 18.9. The largest absolute Gasteiger partial charge is 0.466 e. The predicted molar refractivity (Wildman–Crippen MR) is 161 cm³/mol. The van der Waals surface area contributed by atoms with Crippen molar-refractivity contribution in [2.24, 2.45) is 0 Å². The van der Waals surface area contributed by atoms with Crippen LogP contribution in [0.5, 0.6) is 0 Å². The number of hydrogen-bond donors (Lipinski definition) is 0. The third-order valence-electron chi connectivity index (χ3n) is 6.21. The van der Waals surface area contributed by atoms with E-state index in [9.17, 15) is 14.4 Å². The van der Waals surface area contributed by atoms with Gasteiger partial charge in [0.15, 0.2) is 0 Å². The average molecular weight is 537 g/mol. The molecule has 1 saturated heterocycles. The maximum atomic E-state index is 12.7. The lowest BCUT2D eigenvalue weighted by Crippen LogP contribution is -2.59. The number of allylic oxidation sites excluding steroid dienone is 12. The maximum Gasteiger partial charge on any atom is 0.330 e. The van der Waals surface area contributed by atoms with Gasteiger partial charge in [-0.2, -0.15) is 0 Å². The standard InChI is InChI=1S/C33H48N2O4/c1-5-6-7-8-9-10-11-12-13-14-15-16-17-18-19-20-21-22-23-24-31(36)34-27-29(2)35(30(3)28-34)32(37)25-26-33(38)39-4/h6-7,9-10,12-13,15-16,18-19,21-22,25-26,29-30H,5,8,11,14,17,20,23-24,27-28H2,1-4H3/b7-6-,10-9-,13-12-,16-15-,19-18-,22-21-,26-25+/t29-,30+. The molecule has 1 aliphatic heterocycles. The molecule has 214 valence electrons. The Morgan fingerprint density at radius 2 is 1.13 bits per heavy atom. The third kappa shape index (κ3) is 15.6. The highest BCUT2D eigenvalue weighted by molar-refractivity contribution is 5.95. The first-order valence-corrected chi connectivity index (χ1v) is 14.2. The fourth-order valence-corrected chi connectivity index (χ4v) is 4.26. The van der Waals surface area contributed by atoms with Gasteiger partial charge in [0.1, 0.15) is 0 Å². The zero-order valence-corrected chi connectivity index (χ0v) is 24.3. The number of nitrogens with zero attached hydrogens (tertiary/aromatic N) is 2. The number of hydrogen-bond acceptors (Lipinski definition) is 4. The van der Waals surface area contributed by atoms with Gasteiger partial charge in [-0.15, -0.1) is 0 Å². The van der Waals surface area contributed by atoms with Crippen molar-refractivity contribution in [2.45, 2.75) is 84.2 Å². The molecule has 1 aliphatic rings. The molecular weight excluding hydrogens is 488 g/mol. The van der Waals surface area contributed by atoms with Gasteiger partial charge in [-0.3, -0.25) is 9.59 Å². The smallest absolute Gasteiger partial charge is 0.330 e. The summed E-state index contributed by atoms with van der Waals surface area (Å²) in [7, 11) is 1.27. The summed E-state index contributed by atoms with van der Waals surface area (Å²) in [5.74, 6) is -0.706. The summed E-state index contributed by atoms with van der Waals surface area (Å²) in [6, 6.07) is -0.253. The lowest BCUT2D eigenvalue weighted by atomic mass is 10.1. The van der Waals surface area contributed by atoms with E-state index < -0.39 is 5.97 Å². The molecule has 0 saturated carbocycles. The van der Waals surface area contributed by atoms with E-state index in [4.69, 9.17) is 0 Å². The van der Waals surface area contributed by atoms with Crippen molar-refractivity contribution in [1.82, 2.24) is 9.80 Å². The van der Waals surface area contributed by atoms with Crippen LogP contribution >= 0.6 is 0 Å². The van der Waals surface area contributed by atoms with Crippen molar-refractivity contribution in [2.75, 3.05) is 20.2 Å². The zero-order valence-electron chi connectivity index (χ0n) is 24.3. The van der Waals surface area contributed by atoms with Crippen LogP contribution in [0, 0.1) is 0 Å².